The van der Waals surface area contributed by atoms with Gasteiger partial charge < -0.3 is 4.74 Å². The Balaban J connectivity index is 1.78. The molecule has 1 aromatic carbocycles. The smallest absolute Gasteiger partial charge is 0.334 e. The number of nitrogens with zero attached hydrogens (tertiary/aromatic N) is 1. The third kappa shape index (κ3) is 3.32. The molecule has 0 spiro atoms. The number of nitrogens with one attached hydrogen (secondary N) is 2. The van der Waals surface area contributed by atoms with Crippen LogP contribution in [0.5, 0.6) is 0 Å². The van der Waals surface area contributed by atoms with Crippen molar-refractivity contribution in [1.29, 1.82) is 0 Å². The van der Waals surface area contributed by atoms with E-state index in [0.717, 1.165) is 32.1 Å². The molecule has 0 saturated heterocycles. The average Bonchev–Trinajstić information content (AvgIpc) is 3.07. The third-order valence-corrected chi connectivity index (χ3v) is 5.11. The van der Waals surface area contributed by atoms with Crippen molar-refractivity contribution in [2.24, 2.45) is 0 Å². The first-order valence-corrected chi connectivity index (χ1v) is 9.22. The summed E-state index contributed by atoms with van der Waals surface area (Å²) in [5, 5.41) is 5.07. The van der Waals surface area contributed by atoms with E-state index < -0.39 is 23.1 Å². The molecule has 1 unspecified atom stereocenters. The number of aromatic nitrogens is 3. The lowest BCUT2D eigenvalue weighted by molar-refractivity contribution is -0.153. The minimum atomic E-state index is -0.931. The van der Waals surface area contributed by atoms with E-state index in [1.54, 1.807) is 18.2 Å². The summed E-state index contributed by atoms with van der Waals surface area (Å²) in [4.78, 5) is 38.0. The zero-order valence-corrected chi connectivity index (χ0v) is 14.8. The summed E-state index contributed by atoms with van der Waals surface area (Å²) in [7, 11) is 0. The Morgan fingerprint density at radius 3 is 2.52 bits per heavy atom. The number of aromatic amines is 2. The number of esters is 1. The van der Waals surface area contributed by atoms with Gasteiger partial charge in [0.2, 0.25) is 0 Å². The van der Waals surface area contributed by atoms with Crippen LogP contribution in [0.15, 0.2) is 52.2 Å². The summed E-state index contributed by atoms with van der Waals surface area (Å²) in [6, 6.07) is 9.70. The Kier molecular flexibility index (Phi) is 4.66. The Morgan fingerprint density at radius 1 is 1.04 bits per heavy atom. The second kappa shape index (κ2) is 7.26. The van der Waals surface area contributed by atoms with E-state index in [4.69, 9.17) is 4.74 Å². The largest absolute Gasteiger partial charge is 0.461 e. The number of ether oxygens (including phenoxy) is 1. The first-order valence-electron chi connectivity index (χ1n) is 9.22. The van der Waals surface area contributed by atoms with E-state index in [-0.39, 0.29) is 11.5 Å². The number of H-pyrrole nitrogens is 2. The van der Waals surface area contributed by atoms with Crippen molar-refractivity contribution in [3.63, 3.8) is 0 Å². The second-order valence-electron chi connectivity index (χ2n) is 6.91. The van der Waals surface area contributed by atoms with Gasteiger partial charge in [0.15, 0.2) is 6.04 Å². The highest BCUT2D eigenvalue weighted by Gasteiger charge is 2.29. The topological polar surface area (TPSA) is 96.9 Å². The molecule has 0 bridgehead atoms. The van der Waals surface area contributed by atoms with Crippen molar-refractivity contribution in [2.75, 3.05) is 0 Å². The van der Waals surface area contributed by atoms with Crippen molar-refractivity contribution >= 4 is 16.9 Å². The standard InChI is InChI=1S/C20H21N3O4/c24-18-16-15(21-22-18)11-12-23(19(16)25)17(13-7-3-1-4-8-13)20(26)27-14-9-5-2-6-10-14/h1,3-4,7-8,11-12,14,17H,2,5-6,9-10H2,(H2,21,22,24). The molecule has 1 saturated carbocycles. The molecule has 7 heteroatoms. The molecule has 2 heterocycles. The third-order valence-electron chi connectivity index (χ3n) is 5.11. The van der Waals surface area contributed by atoms with Crippen LogP contribution >= 0.6 is 0 Å². The van der Waals surface area contributed by atoms with Crippen LogP contribution in [-0.4, -0.2) is 26.8 Å². The molecule has 4 rings (SSSR count). The van der Waals surface area contributed by atoms with E-state index in [2.05, 4.69) is 10.2 Å². The van der Waals surface area contributed by atoms with Crippen LogP contribution in [0.4, 0.5) is 0 Å². The molecule has 2 N–H and O–H groups in total. The van der Waals surface area contributed by atoms with E-state index in [0.29, 0.717) is 11.1 Å². The van der Waals surface area contributed by atoms with Crippen molar-refractivity contribution in [1.82, 2.24) is 14.8 Å². The average molecular weight is 367 g/mol. The van der Waals surface area contributed by atoms with Crippen LogP contribution in [0, 0.1) is 0 Å². The zero-order valence-electron chi connectivity index (χ0n) is 14.8. The fraction of sp³-hybridized carbons (Fsp3) is 0.350. The second-order valence-corrected chi connectivity index (χ2v) is 6.91. The number of pyridine rings is 1. The number of fused-ring (bicyclic) bond motifs is 1. The van der Waals surface area contributed by atoms with Gasteiger partial charge in [-0.15, -0.1) is 0 Å². The van der Waals surface area contributed by atoms with E-state index in [1.807, 2.05) is 18.2 Å². The molecule has 1 aliphatic carbocycles. The number of benzene rings is 1. The molecule has 140 valence electrons. The van der Waals surface area contributed by atoms with Gasteiger partial charge >= 0.3 is 5.97 Å². The van der Waals surface area contributed by atoms with Gasteiger partial charge in [0, 0.05) is 6.20 Å². The predicted molar refractivity (Wildman–Crippen MR) is 101 cm³/mol. The van der Waals surface area contributed by atoms with Gasteiger partial charge in [-0.25, -0.2) is 4.79 Å². The number of hydrogen-bond acceptors (Lipinski definition) is 4. The van der Waals surface area contributed by atoms with Crippen molar-refractivity contribution in [3.8, 4) is 0 Å². The number of carbonyl (C=O) groups is 1. The van der Waals surface area contributed by atoms with Crippen LogP contribution in [0.1, 0.15) is 43.7 Å². The lowest BCUT2D eigenvalue weighted by Gasteiger charge is -2.25. The summed E-state index contributed by atoms with van der Waals surface area (Å²) in [5.41, 5.74) is 0.0293. The summed E-state index contributed by atoms with van der Waals surface area (Å²) in [5.74, 6) is -0.471. The fourth-order valence-electron chi connectivity index (χ4n) is 3.72. The number of hydrogen-bond donors (Lipinski definition) is 2. The van der Waals surface area contributed by atoms with Gasteiger partial charge in [0.05, 0.1) is 5.52 Å². The normalized spacial score (nSPS) is 16.3. The lowest BCUT2D eigenvalue weighted by Crippen LogP contribution is -2.34. The van der Waals surface area contributed by atoms with Crippen LogP contribution in [0.25, 0.3) is 10.9 Å². The van der Waals surface area contributed by atoms with E-state index in [1.165, 1.54) is 10.8 Å². The molecule has 3 aromatic rings. The van der Waals surface area contributed by atoms with Gasteiger partial charge in [-0.05, 0) is 37.3 Å². The molecule has 1 aliphatic rings. The molecule has 0 aliphatic heterocycles. The van der Waals surface area contributed by atoms with Crippen molar-refractivity contribution in [2.45, 2.75) is 44.2 Å². The SMILES string of the molecule is O=C(OC1CCCCC1)C(c1ccccc1)n1ccc2[nH][nH]c(=O)c2c1=O. The van der Waals surface area contributed by atoms with E-state index >= 15 is 0 Å². The molecule has 1 fully saturated rings. The first-order chi connectivity index (χ1) is 13.1. The van der Waals surface area contributed by atoms with Crippen LogP contribution in [0.3, 0.4) is 0 Å². The minimum Gasteiger partial charge on any atom is -0.461 e. The molecular formula is C20H21N3O4. The van der Waals surface area contributed by atoms with Crippen molar-refractivity contribution < 1.29 is 9.53 Å². The molecular weight excluding hydrogens is 346 g/mol. The van der Waals surface area contributed by atoms with Crippen molar-refractivity contribution in [3.05, 3.63) is 68.9 Å². The fourth-order valence-corrected chi connectivity index (χ4v) is 3.72. The van der Waals surface area contributed by atoms with Gasteiger partial charge in [-0.3, -0.25) is 24.4 Å². The Morgan fingerprint density at radius 2 is 1.78 bits per heavy atom. The highest BCUT2D eigenvalue weighted by Crippen LogP contribution is 2.25. The monoisotopic (exact) mass is 367 g/mol. The summed E-state index contributed by atoms with van der Waals surface area (Å²) >= 11 is 0. The maximum Gasteiger partial charge on any atom is 0.334 e. The zero-order chi connectivity index (χ0) is 18.8. The van der Waals surface area contributed by atoms with Gasteiger partial charge in [0.1, 0.15) is 11.5 Å². The van der Waals surface area contributed by atoms with Gasteiger partial charge in [-0.2, -0.15) is 0 Å². The maximum absolute atomic E-state index is 13.0. The summed E-state index contributed by atoms with van der Waals surface area (Å²) in [6.07, 6.45) is 6.33. The molecule has 0 amide bonds. The van der Waals surface area contributed by atoms with Crippen LogP contribution < -0.4 is 11.1 Å². The maximum atomic E-state index is 13.0. The summed E-state index contributed by atoms with van der Waals surface area (Å²) < 4.78 is 7.03. The highest BCUT2D eigenvalue weighted by atomic mass is 16.5. The predicted octanol–water partition coefficient (Wildman–Crippen LogP) is 2.48. The van der Waals surface area contributed by atoms with Gasteiger partial charge in [0.25, 0.3) is 11.1 Å². The Bertz CT molecular complexity index is 1060. The summed E-state index contributed by atoms with van der Waals surface area (Å²) in [6.45, 7) is 0. The molecule has 27 heavy (non-hydrogen) atoms. The lowest BCUT2D eigenvalue weighted by atomic mass is 9.97. The van der Waals surface area contributed by atoms with E-state index in [9.17, 15) is 14.4 Å². The minimum absolute atomic E-state index is 0.00361. The molecule has 7 nitrogen and oxygen atoms in total. The number of rotatable bonds is 4. The van der Waals surface area contributed by atoms with Gasteiger partial charge in [-0.1, -0.05) is 36.8 Å². The molecule has 1 atom stereocenters. The Hall–Kier alpha value is -3.09. The molecule has 0 radical (unpaired) electrons. The van der Waals surface area contributed by atoms with Crippen LogP contribution in [0.2, 0.25) is 0 Å². The Labute approximate surface area is 155 Å². The first kappa shape index (κ1) is 17.3. The number of carbonyl (C=O) groups excluding carboxylic acids is 1. The molecule has 2 aromatic heterocycles. The highest BCUT2D eigenvalue weighted by molar-refractivity contribution is 5.80. The quantitative estimate of drug-likeness (QED) is 0.692. The van der Waals surface area contributed by atoms with Crippen LogP contribution in [-0.2, 0) is 9.53 Å².